The van der Waals surface area contributed by atoms with Gasteiger partial charge in [0.1, 0.15) is 29.3 Å². The number of ether oxygens (including phenoxy) is 2. The number of alkyl halides is 1. The molecule has 1 aliphatic heterocycles. The van der Waals surface area contributed by atoms with E-state index in [2.05, 4.69) is 5.32 Å². The summed E-state index contributed by atoms with van der Waals surface area (Å²) in [6.45, 7) is 4.92. The normalized spacial score (nSPS) is 23.8. The molecule has 8 heteroatoms. The van der Waals surface area contributed by atoms with E-state index < -0.39 is 41.8 Å². The number of halogens is 3. The minimum atomic E-state index is -2.12. The summed E-state index contributed by atoms with van der Waals surface area (Å²) in [6.07, 6.45) is -4.59. The number of carbonyl (C=O) groups excluding carboxylic acids is 2. The van der Waals surface area contributed by atoms with Crippen LogP contribution in [0, 0.1) is 11.6 Å². The van der Waals surface area contributed by atoms with Gasteiger partial charge in [-0.1, -0.05) is 0 Å². The van der Waals surface area contributed by atoms with Crippen LogP contribution >= 0.6 is 0 Å². The Hall–Kier alpha value is -2.31. The fraction of sp³-hybridized carbons (Fsp3) is 0.471. The molecule has 136 valence electrons. The molecule has 1 aliphatic rings. The molecule has 1 N–H and O–H groups in total. The van der Waals surface area contributed by atoms with Gasteiger partial charge in [0.05, 0.1) is 11.6 Å². The number of carbonyl (C=O) groups is 1. The first kappa shape index (κ1) is 19.0. The molecule has 0 bridgehead atoms. The van der Waals surface area contributed by atoms with E-state index in [9.17, 15) is 22.8 Å². The molecule has 5 nitrogen and oxygen atoms in total. The Balaban J connectivity index is 2.31. The molecule has 3 atom stereocenters. The first-order valence-corrected chi connectivity index (χ1v) is 7.58. The van der Waals surface area contributed by atoms with Gasteiger partial charge in [-0.05, 0) is 39.0 Å². The monoisotopic (exact) mass is 357 g/mol. The fourth-order valence-corrected chi connectivity index (χ4v) is 2.44. The molecule has 1 amide bonds. The van der Waals surface area contributed by atoms with Gasteiger partial charge in [-0.15, -0.1) is 0 Å². The first-order chi connectivity index (χ1) is 11.6. The number of benzene rings is 1. The van der Waals surface area contributed by atoms with E-state index in [1.165, 1.54) is 5.94 Å². The predicted octanol–water partition coefficient (Wildman–Crippen LogP) is 3.37. The zero-order chi connectivity index (χ0) is 18.8. The van der Waals surface area contributed by atoms with Crippen molar-refractivity contribution in [1.82, 2.24) is 5.32 Å². The van der Waals surface area contributed by atoms with Crippen molar-refractivity contribution >= 4 is 12.0 Å². The van der Waals surface area contributed by atoms with E-state index in [1.54, 1.807) is 20.8 Å². The van der Waals surface area contributed by atoms with Gasteiger partial charge < -0.3 is 14.8 Å². The van der Waals surface area contributed by atoms with Crippen LogP contribution in [0.5, 0.6) is 0 Å². The third-order valence-electron chi connectivity index (χ3n) is 3.44. The molecule has 0 radical (unpaired) electrons. The van der Waals surface area contributed by atoms with Gasteiger partial charge in [0.2, 0.25) is 6.36 Å². The zero-order valence-corrected chi connectivity index (χ0v) is 13.9. The maximum absolute atomic E-state index is 14.0. The Bertz CT molecular complexity index is 710. The van der Waals surface area contributed by atoms with Crippen LogP contribution in [0.4, 0.5) is 18.0 Å². The highest BCUT2D eigenvalue weighted by Crippen LogP contribution is 2.35. The van der Waals surface area contributed by atoms with Crippen molar-refractivity contribution < 1.29 is 32.2 Å². The Morgan fingerprint density at radius 2 is 2.04 bits per heavy atom. The number of rotatable bonds is 2. The fourth-order valence-electron chi connectivity index (χ4n) is 2.44. The van der Waals surface area contributed by atoms with E-state index in [1.807, 2.05) is 0 Å². The average molecular weight is 357 g/mol. The van der Waals surface area contributed by atoms with Gasteiger partial charge in [0.15, 0.2) is 0 Å². The minimum absolute atomic E-state index is 0.270. The van der Waals surface area contributed by atoms with Crippen molar-refractivity contribution in [2.45, 2.75) is 51.3 Å². The first-order valence-electron chi connectivity index (χ1n) is 7.58. The van der Waals surface area contributed by atoms with Crippen LogP contribution in [-0.4, -0.2) is 30.0 Å². The summed E-state index contributed by atoms with van der Waals surface area (Å²) in [6, 6.07) is 1.60. The van der Waals surface area contributed by atoms with Crippen molar-refractivity contribution in [2.75, 3.05) is 0 Å². The predicted molar refractivity (Wildman–Crippen MR) is 82.1 cm³/mol. The number of alkyl carbamates (subject to hydrolysis) is 1. The van der Waals surface area contributed by atoms with E-state index in [0.717, 1.165) is 18.2 Å². The number of nitrogens with one attached hydrogen (secondary N) is 1. The third kappa shape index (κ3) is 4.84. The molecule has 2 rings (SSSR count). The summed E-state index contributed by atoms with van der Waals surface area (Å²) in [4.78, 5) is 22.8. The van der Waals surface area contributed by atoms with Gasteiger partial charge in [-0.2, -0.15) is 0 Å². The van der Waals surface area contributed by atoms with Crippen molar-refractivity contribution in [3.63, 3.8) is 0 Å². The van der Waals surface area contributed by atoms with E-state index in [0.29, 0.717) is 0 Å². The van der Waals surface area contributed by atoms with Gasteiger partial charge in [0, 0.05) is 12.0 Å². The second-order valence-electron chi connectivity index (χ2n) is 6.62. The second kappa shape index (κ2) is 7.29. The summed E-state index contributed by atoms with van der Waals surface area (Å²) in [5.74, 6) is -0.163. The lowest BCUT2D eigenvalue weighted by Crippen LogP contribution is -2.47. The minimum Gasteiger partial charge on any atom is -0.444 e. The number of hydrogen-bond acceptors (Lipinski definition) is 4. The Morgan fingerprint density at radius 3 is 2.64 bits per heavy atom. The van der Waals surface area contributed by atoms with Crippen LogP contribution in [0.15, 0.2) is 23.8 Å². The van der Waals surface area contributed by atoms with Crippen LogP contribution in [0.3, 0.4) is 0 Å². The molecule has 1 aromatic rings. The molecule has 0 aliphatic carbocycles. The lowest BCUT2D eigenvalue weighted by Gasteiger charge is -2.35. The Kier molecular flexibility index (Phi) is 5.55. The summed E-state index contributed by atoms with van der Waals surface area (Å²) < 4.78 is 51.5. The SMILES string of the molecule is CC(C)(C)OC(=O)N[C@@H]1CC(=C=O)C(F)O[C@@H]1c1cc(F)ccc1F. The Morgan fingerprint density at radius 1 is 1.36 bits per heavy atom. The molecule has 0 spiro atoms. The van der Waals surface area contributed by atoms with Gasteiger partial charge in [0.25, 0.3) is 0 Å². The Labute approximate surface area is 142 Å². The zero-order valence-electron chi connectivity index (χ0n) is 13.9. The molecule has 1 saturated heterocycles. The molecule has 1 fully saturated rings. The van der Waals surface area contributed by atoms with Gasteiger partial charge in [-0.25, -0.2) is 22.8 Å². The summed E-state index contributed by atoms with van der Waals surface area (Å²) in [5.41, 5.74) is -1.44. The van der Waals surface area contributed by atoms with E-state index in [4.69, 9.17) is 9.47 Å². The largest absolute Gasteiger partial charge is 0.444 e. The second-order valence-corrected chi connectivity index (χ2v) is 6.62. The standard InChI is InChI=1S/C17H18F3NO4/c1-17(2,3)25-16(23)21-13-6-9(8-22)15(20)24-14(13)11-7-10(18)4-5-12(11)19/h4-5,7,13-15H,6H2,1-3H3,(H,21,23)/t13-,14-,15?/m1/s1. The molecule has 25 heavy (non-hydrogen) atoms. The van der Waals surface area contributed by atoms with Crippen LogP contribution in [0.2, 0.25) is 0 Å². The highest BCUT2D eigenvalue weighted by Gasteiger charge is 2.39. The summed E-state index contributed by atoms with van der Waals surface area (Å²) in [5, 5.41) is 2.41. The molecule has 1 heterocycles. The van der Waals surface area contributed by atoms with Gasteiger partial charge in [-0.3, -0.25) is 0 Å². The van der Waals surface area contributed by atoms with Gasteiger partial charge >= 0.3 is 6.09 Å². The average Bonchev–Trinajstić information content (AvgIpc) is 2.49. The molecular formula is C17H18F3NO4. The number of amides is 1. The smallest absolute Gasteiger partial charge is 0.407 e. The molecule has 0 saturated carbocycles. The molecule has 0 aromatic heterocycles. The number of hydrogen-bond donors (Lipinski definition) is 1. The highest BCUT2D eigenvalue weighted by atomic mass is 19.1. The molecule has 1 unspecified atom stereocenters. The van der Waals surface area contributed by atoms with Crippen LogP contribution < -0.4 is 5.32 Å². The van der Waals surface area contributed by atoms with Crippen LogP contribution in [-0.2, 0) is 14.3 Å². The van der Waals surface area contributed by atoms with Crippen molar-refractivity contribution in [2.24, 2.45) is 0 Å². The van der Waals surface area contributed by atoms with Crippen molar-refractivity contribution in [1.29, 1.82) is 0 Å². The van der Waals surface area contributed by atoms with E-state index in [-0.39, 0.29) is 17.6 Å². The topological polar surface area (TPSA) is 64.6 Å². The molecule has 1 aromatic carbocycles. The molecular weight excluding hydrogens is 339 g/mol. The van der Waals surface area contributed by atoms with Crippen molar-refractivity contribution in [3.05, 3.63) is 41.0 Å². The highest BCUT2D eigenvalue weighted by molar-refractivity contribution is 5.68. The lowest BCUT2D eigenvalue weighted by molar-refractivity contribution is -0.102. The maximum atomic E-state index is 14.0. The third-order valence-corrected chi connectivity index (χ3v) is 3.44. The lowest BCUT2D eigenvalue weighted by atomic mass is 9.93. The van der Waals surface area contributed by atoms with Crippen LogP contribution in [0.1, 0.15) is 38.9 Å². The summed E-state index contributed by atoms with van der Waals surface area (Å²) in [7, 11) is 0. The quantitative estimate of drug-likeness (QED) is 0.825. The maximum Gasteiger partial charge on any atom is 0.407 e. The van der Waals surface area contributed by atoms with E-state index >= 15 is 0 Å². The van der Waals surface area contributed by atoms with Crippen LogP contribution in [0.25, 0.3) is 0 Å². The van der Waals surface area contributed by atoms with Crippen molar-refractivity contribution in [3.8, 4) is 0 Å². The summed E-state index contributed by atoms with van der Waals surface area (Å²) >= 11 is 0.